The Kier molecular flexibility index (Phi) is 6.62. The first kappa shape index (κ1) is 29.7. The van der Waals surface area contributed by atoms with E-state index in [9.17, 15) is 0 Å². The number of pyridine rings is 2. The number of furan rings is 2. The van der Waals surface area contributed by atoms with Crippen LogP contribution in [0.3, 0.4) is 0 Å². The molecule has 0 aliphatic heterocycles. The lowest BCUT2D eigenvalue weighted by molar-refractivity contribution is 0.602. The molecule has 0 fully saturated rings. The Morgan fingerprint density at radius 1 is 0.528 bits per heavy atom. The molecular formula is C46H26N4O2S. The van der Waals surface area contributed by atoms with Crippen molar-refractivity contribution in [1.29, 1.82) is 0 Å². The number of para-hydroxylation sites is 2. The Bertz CT molecular complexity index is 3130. The molecule has 6 aromatic heterocycles. The van der Waals surface area contributed by atoms with E-state index in [-0.39, 0.29) is 0 Å². The van der Waals surface area contributed by atoms with Gasteiger partial charge < -0.3 is 8.83 Å². The van der Waals surface area contributed by atoms with Crippen molar-refractivity contribution in [3.05, 3.63) is 158 Å². The second-order valence-corrected chi connectivity index (χ2v) is 14.1. The first-order valence-electron chi connectivity index (χ1n) is 17.3. The van der Waals surface area contributed by atoms with Gasteiger partial charge in [-0.25, -0.2) is 4.98 Å². The van der Waals surface area contributed by atoms with Crippen LogP contribution in [-0.2, 0) is 0 Å². The van der Waals surface area contributed by atoms with Crippen LogP contribution >= 0.6 is 11.3 Å². The van der Waals surface area contributed by atoms with Crippen LogP contribution in [0.1, 0.15) is 0 Å². The topological polar surface area (TPSA) is 77.8 Å². The Morgan fingerprint density at radius 3 is 2.21 bits per heavy atom. The molecule has 5 aromatic carbocycles. The van der Waals surface area contributed by atoms with Crippen LogP contribution in [0.4, 0.5) is 0 Å². The van der Waals surface area contributed by atoms with Crippen molar-refractivity contribution in [2.45, 2.75) is 0 Å². The summed E-state index contributed by atoms with van der Waals surface area (Å²) in [7, 11) is 0. The maximum Gasteiger partial charge on any atom is 0.162 e. The number of hydrogen-bond donors (Lipinski definition) is 0. The summed E-state index contributed by atoms with van der Waals surface area (Å²) in [6, 6.07) is 45.8. The summed E-state index contributed by atoms with van der Waals surface area (Å²) in [5.41, 5.74) is 6.49. The molecule has 0 saturated heterocycles. The van der Waals surface area contributed by atoms with Gasteiger partial charge in [-0.1, -0.05) is 84.9 Å². The van der Waals surface area contributed by atoms with Crippen LogP contribution in [0.15, 0.2) is 167 Å². The van der Waals surface area contributed by atoms with Gasteiger partial charge in [-0.15, -0.1) is 11.3 Å². The third-order valence-electron chi connectivity index (χ3n) is 9.91. The minimum atomic E-state index is 0.664. The predicted octanol–water partition coefficient (Wildman–Crippen LogP) is 12.6. The molecular weight excluding hydrogens is 673 g/mol. The first-order valence-corrected chi connectivity index (χ1v) is 18.2. The van der Waals surface area contributed by atoms with Crippen molar-refractivity contribution < 1.29 is 8.83 Å². The van der Waals surface area contributed by atoms with E-state index < -0.39 is 0 Å². The maximum atomic E-state index is 7.22. The summed E-state index contributed by atoms with van der Waals surface area (Å²) in [5.74, 6) is 2.12. The standard InChI is InChI=1S/C46H26N4O2S/c1-5-13-31-27(9-1)19-20-49-44(31)46-42-33(45(52-46)40-24-30-12-4-8-16-39(30)53-40)25-32(36-26-47-21-22-48-36)41(38-23-29-11-3-7-15-37(29)51-38)43(42)35-18-17-28-10-2-6-14-34(28)50-35/h1-26H. The molecule has 0 radical (unpaired) electrons. The summed E-state index contributed by atoms with van der Waals surface area (Å²) in [6.07, 6.45) is 7.08. The smallest absolute Gasteiger partial charge is 0.162 e. The number of hydrogen-bond acceptors (Lipinski definition) is 7. The molecule has 0 unspecified atom stereocenters. The fourth-order valence-corrected chi connectivity index (χ4v) is 8.57. The van der Waals surface area contributed by atoms with Crippen molar-refractivity contribution >= 4 is 64.8 Å². The van der Waals surface area contributed by atoms with Crippen molar-refractivity contribution in [1.82, 2.24) is 19.9 Å². The molecule has 11 aromatic rings. The Balaban J connectivity index is 1.37. The fraction of sp³-hybridized carbons (Fsp3) is 0. The molecule has 0 saturated carbocycles. The minimum Gasteiger partial charge on any atom is -0.456 e. The highest BCUT2D eigenvalue weighted by molar-refractivity contribution is 7.22. The van der Waals surface area contributed by atoms with Crippen LogP contribution in [0.2, 0.25) is 0 Å². The lowest BCUT2D eigenvalue weighted by atomic mass is 9.88. The van der Waals surface area contributed by atoms with Crippen LogP contribution in [0.5, 0.6) is 0 Å². The van der Waals surface area contributed by atoms with Gasteiger partial charge in [-0.2, -0.15) is 0 Å². The summed E-state index contributed by atoms with van der Waals surface area (Å²) >= 11 is 1.71. The number of nitrogens with zero attached hydrogens (tertiary/aromatic N) is 4. The number of aromatic nitrogens is 4. The van der Waals surface area contributed by atoms with Crippen molar-refractivity contribution in [3.63, 3.8) is 0 Å². The van der Waals surface area contributed by atoms with Gasteiger partial charge in [0.2, 0.25) is 0 Å². The molecule has 11 rings (SSSR count). The number of fused-ring (bicyclic) bond motifs is 5. The van der Waals surface area contributed by atoms with Crippen molar-refractivity contribution in [3.8, 4) is 55.9 Å². The average Bonchev–Trinajstić information content (AvgIpc) is 3.95. The molecule has 0 amide bonds. The monoisotopic (exact) mass is 698 g/mol. The second-order valence-electron chi connectivity index (χ2n) is 13.0. The molecule has 0 atom stereocenters. The third kappa shape index (κ3) is 4.79. The third-order valence-corrected chi connectivity index (χ3v) is 11.0. The minimum absolute atomic E-state index is 0.664. The molecule has 0 spiro atoms. The van der Waals surface area contributed by atoms with E-state index in [4.69, 9.17) is 23.8 Å². The zero-order valence-electron chi connectivity index (χ0n) is 28.0. The van der Waals surface area contributed by atoms with E-state index in [0.717, 1.165) is 87.5 Å². The van der Waals surface area contributed by atoms with Crippen LogP contribution in [0, 0.1) is 0 Å². The lowest BCUT2D eigenvalue weighted by Gasteiger charge is -2.16. The zero-order chi connectivity index (χ0) is 34.9. The summed E-state index contributed by atoms with van der Waals surface area (Å²) in [5, 5.41) is 7.10. The highest BCUT2D eigenvalue weighted by Crippen LogP contribution is 2.53. The van der Waals surface area contributed by atoms with E-state index in [1.165, 1.54) is 4.70 Å². The van der Waals surface area contributed by atoms with Gasteiger partial charge in [0.25, 0.3) is 0 Å². The SMILES string of the molecule is c1ccc2nc(-c3c(-c4cc5ccccc5o4)c(-c4cnccn4)cc4c(-c5cc6ccccc6s5)oc(-c5nccc6ccccc56)c34)ccc2c1. The van der Waals surface area contributed by atoms with Gasteiger partial charge in [0.15, 0.2) is 11.5 Å². The molecule has 53 heavy (non-hydrogen) atoms. The summed E-state index contributed by atoms with van der Waals surface area (Å²) < 4.78 is 15.1. The molecule has 7 heteroatoms. The van der Waals surface area contributed by atoms with Crippen LogP contribution < -0.4 is 0 Å². The Hall–Kier alpha value is -6.96. The van der Waals surface area contributed by atoms with Gasteiger partial charge in [0.05, 0.1) is 28.0 Å². The number of rotatable bonds is 5. The zero-order valence-corrected chi connectivity index (χ0v) is 28.8. The Labute approximate surface area is 306 Å². The first-order chi connectivity index (χ1) is 26.3. The molecule has 0 N–H and O–H groups in total. The average molecular weight is 699 g/mol. The fourth-order valence-electron chi connectivity index (χ4n) is 7.51. The van der Waals surface area contributed by atoms with Crippen molar-refractivity contribution in [2.24, 2.45) is 0 Å². The van der Waals surface area contributed by atoms with Gasteiger partial charge >= 0.3 is 0 Å². The van der Waals surface area contributed by atoms with Gasteiger partial charge in [-0.3, -0.25) is 15.0 Å². The predicted molar refractivity (Wildman–Crippen MR) is 215 cm³/mol. The van der Waals surface area contributed by atoms with Gasteiger partial charge in [-0.05, 0) is 59.3 Å². The van der Waals surface area contributed by atoms with E-state index in [1.54, 1.807) is 29.9 Å². The molecule has 0 aliphatic carbocycles. The maximum absolute atomic E-state index is 7.22. The second kappa shape index (κ2) is 11.8. The highest BCUT2D eigenvalue weighted by Gasteiger charge is 2.30. The summed E-state index contributed by atoms with van der Waals surface area (Å²) in [6.45, 7) is 0. The van der Waals surface area contributed by atoms with E-state index in [1.807, 2.05) is 54.7 Å². The van der Waals surface area contributed by atoms with Crippen LogP contribution in [0.25, 0.3) is 109 Å². The quantitative estimate of drug-likeness (QED) is 0.178. The Morgan fingerprint density at radius 2 is 1.34 bits per heavy atom. The van der Waals surface area contributed by atoms with Crippen molar-refractivity contribution in [2.75, 3.05) is 0 Å². The summed E-state index contributed by atoms with van der Waals surface area (Å²) in [4.78, 5) is 20.8. The molecule has 6 nitrogen and oxygen atoms in total. The van der Waals surface area contributed by atoms with Gasteiger partial charge in [0.1, 0.15) is 17.0 Å². The number of thiophene rings is 1. The lowest BCUT2D eigenvalue weighted by Crippen LogP contribution is -1.96. The highest BCUT2D eigenvalue weighted by atomic mass is 32.1. The van der Waals surface area contributed by atoms with E-state index in [0.29, 0.717) is 17.2 Å². The van der Waals surface area contributed by atoms with Gasteiger partial charge in [0, 0.05) is 66.9 Å². The van der Waals surface area contributed by atoms with E-state index >= 15 is 0 Å². The molecule has 248 valence electrons. The van der Waals surface area contributed by atoms with Crippen LogP contribution in [-0.4, -0.2) is 19.9 Å². The molecule has 0 aliphatic rings. The molecule has 6 heterocycles. The normalized spacial score (nSPS) is 11.8. The number of benzene rings is 5. The molecule has 0 bridgehead atoms. The van der Waals surface area contributed by atoms with E-state index in [2.05, 4.69) is 89.9 Å². The largest absolute Gasteiger partial charge is 0.456 e.